The van der Waals surface area contributed by atoms with Crippen molar-refractivity contribution in [2.75, 3.05) is 24.2 Å². The van der Waals surface area contributed by atoms with Crippen LogP contribution in [0.1, 0.15) is 51.7 Å². The van der Waals surface area contributed by atoms with Crippen LogP contribution in [0.15, 0.2) is 24.5 Å². The first kappa shape index (κ1) is 26.2. The predicted octanol–water partition coefficient (Wildman–Crippen LogP) is 5.49. The fraction of sp³-hybridized carbons (Fsp3) is 0.480. The third-order valence-corrected chi connectivity index (χ3v) is 10.3. The van der Waals surface area contributed by atoms with Crippen LogP contribution in [0.4, 0.5) is 19.1 Å². The summed E-state index contributed by atoms with van der Waals surface area (Å²) in [4.78, 5) is 11.3. The fourth-order valence-corrected chi connectivity index (χ4v) is 6.96. The minimum absolute atomic E-state index is 0.00474. The van der Waals surface area contributed by atoms with Gasteiger partial charge in [-0.1, -0.05) is 19.9 Å². The number of aromatic nitrogens is 3. The van der Waals surface area contributed by atoms with E-state index < -0.39 is 18.9 Å². The van der Waals surface area contributed by atoms with E-state index in [0.717, 1.165) is 19.0 Å². The molecular formula is C25H30F3N6OP. The molecule has 0 aliphatic carbocycles. The number of nitrogens with zero attached hydrogens (tertiary/aromatic N) is 3. The smallest absolute Gasteiger partial charge is 0.360 e. The van der Waals surface area contributed by atoms with E-state index in [1.807, 2.05) is 0 Å². The zero-order valence-electron chi connectivity index (χ0n) is 20.8. The third-order valence-electron chi connectivity index (χ3n) is 7.01. The van der Waals surface area contributed by atoms with E-state index in [1.54, 1.807) is 19.9 Å². The minimum atomic E-state index is -4.68. The number of aromatic amines is 1. The van der Waals surface area contributed by atoms with Crippen LogP contribution < -0.4 is 15.9 Å². The molecule has 7 nitrogen and oxygen atoms in total. The molecule has 11 heteroatoms. The Kier molecular flexibility index (Phi) is 6.93. The first-order chi connectivity index (χ1) is 16.9. The number of alkyl halides is 3. The van der Waals surface area contributed by atoms with E-state index in [2.05, 4.69) is 45.5 Å². The van der Waals surface area contributed by atoms with Crippen LogP contribution in [0, 0.1) is 11.3 Å². The maximum Gasteiger partial charge on any atom is 0.419 e. The van der Waals surface area contributed by atoms with Crippen molar-refractivity contribution < 1.29 is 17.7 Å². The summed E-state index contributed by atoms with van der Waals surface area (Å²) in [6.45, 7) is 8.44. The Morgan fingerprint density at radius 2 is 2.00 bits per heavy atom. The van der Waals surface area contributed by atoms with Gasteiger partial charge in [-0.15, -0.1) is 0 Å². The number of hydrogen-bond acceptors (Lipinski definition) is 6. The predicted molar refractivity (Wildman–Crippen MR) is 136 cm³/mol. The SMILES string of the molecule is CCP(=O)(CC)c1c(C#N)ccc2c(-c3nc(N[C@H]4CCC(C)(C)NC4)ncc3C(F)(F)F)c[nH]c12. The van der Waals surface area contributed by atoms with E-state index in [4.69, 9.17) is 0 Å². The molecule has 1 atom stereocenters. The Labute approximate surface area is 208 Å². The Bertz CT molecular complexity index is 1360. The van der Waals surface area contributed by atoms with Crippen LogP contribution in [-0.4, -0.2) is 45.4 Å². The largest absolute Gasteiger partial charge is 0.419 e. The quantitative estimate of drug-likeness (QED) is 0.373. The molecule has 1 saturated heterocycles. The zero-order chi connectivity index (χ0) is 26.3. The van der Waals surface area contributed by atoms with E-state index in [0.29, 0.717) is 35.1 Å². The van der Waals surface area contributed by atoms with Gasteiger partial charge in [-0.2, -0.15) is 18.4 Å². The van der Waals surface area contributed by atoms with Crippen LogP contribution in [0.2, 0.25) is 0 Å². The number of nitrogens with one attached hydrogen (secondary N) is 3. The summed E-state index contributed by atoms with van der Waals surface area (Å²) in [6.07, 6.45) is -0.0177. The number of H-pyrrole nitrogens is 1. The maximum absolute atomic E-state index is 14.0. The van der Waals surface area contributed by atoms with E-state index in [-0.39, 0.29) is 34.3 Å². The molecule has 192 valence electrons. The van der Waals surface area contributed by atoms with Crippen LogP contribution in [0.3, 0.4) is 0 Å². The second-order valence-electron chi connectivity index (χ2n) is 9.82. The van der Waals surface area contributed by atoms with Gasteiger partial charge >= 0.3 is 6.18 Å². The molecule has 0 bridgehead atoms. The summed E-state index contributed by atoms with van der Waals surface area (Å²) in [6, 6.07) is 5.18. The second kappa shape index (κ2) is 9.53. The van der Waals surface area contributed by atoms with Gasteiger partial charge in [-0.05, 0) is 32.8 Å². The zero-order valence-corrected chi connectivity index (χ0v) is 21.6. The Balaban J connectivity index is 1.84. The lowest BCUT2D eigenvalue weighted by Gasteiger charge is -2.36. The number of hydrogen-bond donors (Lipinski definition) is 3. The summed E-state index contributed by atoms with van der Waals surface area (Å²) in [5.74, 6) is 0.112. The number of anilines is 1. The molecule has 36 heavy (non-hydrogen) atoms. The van der Waals surface area contributed by atoms with Gasteiger partial charge in [0.05, 0.1) is 28.1 Å². The van der Waals surface area contributed by atoms with Crippen molar-refractivity contribution in [1.82, 2.24) is 20.3 Å². The Hall–Kier alpha value is -2.89. The molecule has 2 aromatic heterocycles. The second-order valence-corrected chi connectivity index (χ2v) is 13.3. The molecule has 0 amide bonds. The van der Waals surface area contributed by atoms with Gasteiger partial charge in [0.1, 0.15) is 12.7 Å². The lowest BCUT2D eigenvalue weighted by Crippen LogP contribution is -2.50. The highest BCUT2D eigenvalue weighted by Gasteiger charge is 2.37. The van der Waals surface area contributed by atoms with Crippen molar-refractivity contribution in [1.29, 1.82) is 5.26 Å². The third kappa shape index (κ3) is 4.87. The van der Waals surface area contributed by atoms with Gasteiger partial charge in [0.25, 0.3) is 0 Å². The molecule has 1 aromatic carbocycles. The standard InChI is InChI=1S/C25H30F3N6OP/c1-5-36(35,6-2)22-15(11-29)7-8-17-18(13-30-21(17)22)20-19(25(26,27)28)14-31-23(34-20)33-16-9-10-24(3,4)32-12-16/h7-8,13-14,16,30,32H,5-6,9-10,12H2,1-4H3,(H,31,33,34)/t16-/m0/s1. The van der Waals surface area contributed by atoms with Crippen LogP contribution in [0.25, 0.3) is 22.2 Å². The lowest BCUT2D eigenvalue weighted by molar-refractivity contribution is -0.137. The van der Waals surface area contributed by atoms with Gasteiger partial charge in [-0.25, -0.2) is 9.97 Å². The molecule has 1 aliphatic rings. The summed E-state index contributed by atoms with van der Waals surface area (Å²) < 4.78 is 55.7. The van der Waals surface area contributed by atoms with Gasteiger partial charge in [-0.3, -0.25) is 0 Å². The maximum atomic E-state index is 14.0. The molecule has 3 aromatic rings. The molecule has 4 rings (SSSR count). The molecule has 1 fully saturated rings. The fourth-order valence-electron chi connectivity index (χ4n) is 4.73. The van der Waals surface area contributed by atoms with Crippen LogP contribution in [-0.2, 0) is 10.7 Å². The number of piperidine rings is 1. The molecule has 0 spiro atoms. The summed E-state index contributed by atoms with van der Waals surface area (Å²) in [5, 5.41) is 17.1. The molecule has 0 radical (unpaired) electrons. The average Bonchev–Trinajstić information content (AvgIpc) is 3.27. The highest BCUT2D eigenvalue weighted by molar-refractivity contribution is 7.72. The highest BCUT2D eigenvalue weighted by Crippen LogP contribution is 2.47. The summed E-state index contributed by atoms with van der Waals surface area (Å²) in [7, 11) is -2.93. The highest BCUT2D eigenvalue weighted by atomic mass is 31.2. The van der Waals surface area contributed by atoms with Crippen molar-refractivity contribution in [3.05, 3.63) is 35.7 Å². The van der Waals surface area contributed by atoms with Crippen molar-refractivity contribution in [2.45, 2.75) is 58.3 Å². The lowest BCUT2D eigenvalue weighted by atomic mass is 9.91. The summed E-state index contributed by atoms with van der Waals surface area (Å²) >= 11 is 0. The van der Waals surface area contributed by atoms with Crippen LogP contribution >= 0.6 is 7.14 Å². The van der Waals surface area contributed by atoms with E-state index in [9.17, 15) is 23.0 Å². The molecule has 3 N–H and O–H groups in total. The molecule has 0 saturated carbocycles. The van der Waals surface area contributed by atoms with Gasteiger partial charge in [0, 0.05) is 53.8 Å². The molecule has 0 unspecified atom stereocenters. The van der Waals surface area contributed by atoms with Gasteiger partial charge in [0.2, 0.25) is 5.95 Å². The Morgan fingerprint density at radius 3 is 2.58 bits per heavy atom. The number of fused-ring (bicyclic) bond motifs is 1. The minimum Gasteiger partial charge on any atom is -0.360 e. The average molecular weight is 519 g/mol. The monoisotopic (exact) mass is 518 g/mol. The van der Waals surface area contributed by atoms with Crippen molar-refractivity contribution >= 4 is 29.3 Å². The number of nitriles is 1. The van der Waals surface area contributed by atoms with Gasteiger partial charge < -0.3 is 20.2 Å². The molecule has 3 heterocycles. The first-order valence-corrected chi connectivity index (χ1v) is 14.1. The van der Waals surface area contributed by atoms with Gasteiger partial charge in [0.15, 0.2) is 0 Å². The van der Waals surface area contributed by atoms with E-state index in [1.165, 1.54) is 12.3 Å². The molecule has 1 aliphatic heterocycles. The Morgan fingerprint density at radius 1 is 1.28 bits per heavy atom. The van der Waals surface area contributed by atoms with Crippen molar-refractivity contribution in [3.63, 3.8) is 0 Å². The van der Waals surface area contributed by atoms with E-state index >= 15 is 0 Å². The topological polar surface area (TPSA) is 106 Å². The first-order valence-electron chi connectivity index (χ1n) is 12.0. The van der Waals surface area contributed by atoms with Crippen LogP contribution in [0.5, 0.6) is 0 Å². The summed E-state index contributed by atoms with van der Waals surface area (Å²) in [5.41, 5.74) is -0.334. The number of rotatable bonds is 6. The number of halogens is 3. The normalized spacial score (nSPS) is 18.2. The molecular weight excluding hydrogens is 488 g/mol. The number of benzene rings is 1. The van der Waals surface area contributed by atoms with Crippen molar-refractivity contribution in [3.8, 4) is 17.3 Å². The van der Waals surface area contributed by atoms with Crippen molar-refractivity contribution in [2.24, 2.45) is 0 Å².